The second-order valence-corrected chi connectivity index (χ2v) is 7.44. The lowest BCUT2D eigenvalue weighted by atomic mass is 9.97. The van der Waals surface area contributed by atoms with Crippen molar-refractivity contribution in [3.05, 3.63) is 58.9 Å². The zero-order valence-corrected chi connectivity index (χ0v) is 13.7. The van der Waals surface area contributed by atoms with E-state index in [-0.39, 0.29) is 10.7 Å². The predicted molar refractivity (Wildman–Crippen MR) is 88.3 cm³/mol. The summed E-state index contributed by atoms with van der Waals surface area (Å²) in [5.74, 6) is -0.229. The van der Waals surface area contributed by atoms with Crippen LogP contribution in [0, 0.1) is 12.7 Å². The molecule has 0 atom stereocenters. The van der Waals surface area contributed by atoms with E-state index in [2.05, 4.69) is 4.90 Å². The molecule has 0 spiro atoms. The quantitative estimate of drug-likeness (QED) is 0.939. The van der Waals surface area contributed by atoms with Crippen molar-refractivity contribution < 1.29 is 12.8 Å². The monoisotopic (exact) mass is 334 g/mol. The molecule has 23 heavy (non-hydrogen) atoms. The Kier molecular flexibility index (Phi) is 4.12. The number of aryl methyl sites for hydroxylation is 2. The number of halogens is 1. The average molecular weight is 334 g/mol. The van der Waals surface area contributed by atoms with Gasteiger partial charge in [-0.15, -0.1) is 0 Å². The maximum Gasteiger partial charge on any atom is 0.238 e. The van der Waals surface area contributed by atoms with Crippen LogP contribution in [-0.2, 0) is 23.0 Å². The van der Waals surface area contributed by atoms with Crippen LogP contribution in [0.15, 0.2) is 41.3 Å². The van der Waals surface area contributed by atoms with Gasteiger partial charge in [-0.1, -0.05) is 18.2 Å². The molecule has 3 rings (SSSR count). The molecular formula is C17H19FN2O2S. The minimum absolute atomic E-state index is 0.145. The van der Waals surface area contributed by atoms with E-state index in [0.717, 1.165) is 36.2 Å². The van der Waals surface area contributed by atoms with Gasteiger partial charge >= 0.3 is 0 Å². The van der Waals surface area contributed by atoms with Crippen LogP contribution < -0.4 is 10.0 Å². The van der Waals surface area contributed by atoms with Gasteiger partial charge in [-0.2, -0.15) is 0 Å². The topological polar surface area (TPSA) is 63.4 Å². The first-order chi connectivity index (χ1) is 10.9. The van der Waals surface area contributed by atoms with Gasteiger partial charge in [0, 0.05) is 18.8 Å². The fourth-order valence-electron chi connectivity index (χ4n) is 3.30. The number of rotatable bonds is 3. The number of sulfonamides is 1. The van der Waals surface area contributed by atoms with Crippen LogP contribution in [0.4, 0.5) is 10.1 Å². The number of fused-ring (bicyclic) bond motifs is 1. The van der Waals surface area contributed by atoms with Crippen LogP contribution in [0.3, 0.4) is 0 Å². The highest BCUT2D eigenvalue weighted by molar-refractivity contribution is 7.89. The Hall–Kier alpha value is -1.92. The summed E-state index contributed by atoms with van der Waals surface area (Å²) in [4.78, 5) is 2.25. The van der Waals surface area contributed by atoms with Crippen molar-refractivity contribution in [2.75, 3.05) is 11.4 Å². The third-order valence-electron chi connectivity index (χ3n) is 4.17. The summed E-state index contributed by atoms with van der Waals surface area (Å²) < 4.78 is 37.1. The zero-order chi connectivity index (χ0) is 16.6. The van der Waals surface area contributed by atoms with Gasteiger partial charge in [-0.3, -0.25) is 0 Å². The van der Waals surface area contributed by atoms with Crippen molar-refractivity contribution in [2.45, 2.75) is 31.2 Å². The van der Waals surface area contributed by atoms with Crippen LogP contribution in [0.1, 0.15) is 23.1 Å². The molecule has 2 aromatic carbocycles. The molecule has 4 nitrogen and oxygen atoms in total. The van der Waals surface area contributed by atoms with Crippen LogP contribution in [0.2, 0.25) is 0 Å². The summed E-state index contributed by atoms with van der Waals surface area (Å²) in [7, 11) is -3.77. The van der Waals surface area contributed by atoms with E-state index >= 15 is 0 Å². The normalized spacial score (nSPS) is 14.7. The van der Waals surface area contributed by atoms with Crippen molar-refractivity contribution in [1.82, 2.24) is 0 Å². The molecule has 122 valence electrons. The lowest BCUT2D eigenvalue weighted by Crippen LogP contribution is -2.30. The van der Waals surface area contributed by atoms with Crippen LogP contribution >= 0.6 is 0 Å². The highest BCUT2D eigenvalue weighted by Gasteiger charge is 2.22. The fraction of sp³-hybridized carbons (Fsp3) is 0.294. The van der Waals surface area contributed by atoms with E-state index in [4.69, 9.17) is 5.14 Å². The van der Waals surface area contributed by atoms with E-state index < -0.39 is 10.0 Å². The fourth-order valence-corrected chi connectivity index (χ4v) is 4.06. The number of benzene rings is 2. The van der Waals surface area contributed by atoms with E-state index in [1.165, 1.54) is 12.1 Å². The second kappa shape index (κ2) is 5.94. The zero-order valence-electron chi connectivity index (χ0n) is 12.9. The summed E-state index contributed by atoms with van der Waals surface area (Å²) in [6.45, 7) is 3.12. The molecule has 0 fully saturated rings. The van der Waals surface area contributed by atoms with E-state index in [0.29, 0.717) is 12.1 Å². The largest absolute Gasteiger partial charge is 0.367 e. The Labute approximate surface area is 135 Å². The third-order valence-corrected chi connectivity index (χ3v) is 5.19. The Morgan fingerprint density at radius 2 is 2.00 bits per heavy atom. The average Bonchev–Trinajstić information content (AvgIpc) is 2.46. The summed E-state index contributed by atoms with van der Waals surface area (Å²) >= 11 is 0. The number of hydrogen-bond acceptors (Lipinski definition) is 3. The molecule has 0 unspecified atom stereocenters. The molecular weight excluding hydrogens is 315 g/mol. The Morgan fingerprint density at radius 3 is 2.74 bits per heavy atom. The molecule has 2 aromatic rings. The van der Waals surface area contributed by atoms with Crippen molar-refractivity contribution in [1.29, 1.82) is 0 Å². The van der Waals surface area contributed by atoms with Gasteiger partial charge in [0.05, 0.1) is 4.90 Å². The number of hydrogen-bond donors (Lipinski definition) is 1. The standard InChI is InChI=1S/C17H19FN2O2S/c1-12-9-15(18)10-13-6-4-8-20(17(12)13)11-14-5-2-3-7-16(14)23(19,21)22/h2-3,5,7,9-10H,4,6,8,11H2,1H3,(H2,19,21,22). The molecule has 6 heteroatoms. The molecule has 0 bridgehead atoms. The smallest absolute Gasteiger partial charge is 0.238 e. The van der Waals surface area contributed by atoms with Crippen LogP contribution in [0.5, 0.6) is 0 Å². The van der Waals surface area contributed by atoms with Gasteiger partial charge in [-0.25, -0.2) is 17.9 Å². The van der Waals surface area contributed by atoms with Crippen LogP contribution in [-0.4, -0.2) is 15.0 Å². The summed E-state index contributed by atoms with van der Waals surface area (Å²) in [5, 5.41) is 5.31. The summed E-state index contributed by atoms with van der Waals surface area (Å²) in [6.07, 6.45) is 1.74. The highest BCUT2D eigenvalue weighted by atomic mass is 32.2. The first-order valence-electron chi connectivity index (χ1n) is 7.51. The molecule has 0 saturated carbocycles. The molecule has 0 aromatic heterocycles. The van der Waals surface area contributed by atoms with Gasteiger partial charge in [0.15, 0.2) is 0 Å². The van der Waals surface area contributed by atoms with Gasteiger partial charge < -0.3 is 4.90 Å². The second-order valence-electron chi connectivity index (χ2n) is 5.91. The molecule has 1 aliphatic rings. The van der Waals surface area contributed by atoms with E-state index in [1.807, 2.05) is 6.92 Å². The Morgan fingerprint density at radius 1 is 1.26 bits per heavy atom. The van der Waals surface area contributed by atoms with Crippen LogP contribution in [0.25, 0.3) is 0 Å². The molecule has 0 saturated heterocycles. The Balaban J connectivity index is 2.02. The van der Waals surface area contributed by atoms with E-state index in [1.54, 1.807) is 24.3 Å². The SMILES string of the molecule is Cc1cc(F)cc2c1N(Cc1ccccc1S(N)(=O)=O)CCC2. The number of anilines is 1. The van der Waals surface area contributed by atoms with Gasteiger partial charge in [0.25, 0.3) is 0 Å². The first kappa shape index (κ1) is 16.0. The Bertz CT molecular complexity index is 850. The summed E-state index contributed by atoms with van der Waals surface area (Å²) in [6, 6.07) is 9.84. The number of nitrogens with zero attached hydrogens (tertiary/aromatic N) is 1. The maximum atomic E-state index is 13.6. The third kappa shape index (κ3) is 3.23. The molecule has 1 heterocycles. The number of nitrogens with two attached hydrogens (primary N) is 1. The lowest BCUT2D eigenvalue weighted by molar-refractivity contribution is 0.595. The minimum atomic E-state index is -3.77. The molecule has 0 radical (unpaired) electrons. The molecule has 0 aliphatic carbocycles. The minimum Gasteiger partial charge on any atom is -0.367 e. The van der Waals surface area contributed by atoms with E-state index in [9.17, 15) is 12.8 Å². The predicted octanol–water partition coefficient (Wildman–Crippen LogP) is 2.73. The molecule has 2 N–H and O–H groups in total. The highest BCUT2D eigenvalue weighted by Crippen LogP contribution is 2.33. The van der Waals surface area contributed by atoms with Crippen molar-refractivity contribution >= 4 is 15.7 Å². The first-order valence-corrected chi connectivity index (χ1v) is 9.05. The van der Waals surface area contributed by atoms with Crippen molar-refractivity contribution in [3.63, 3.8) is 0 Å². The lowest BCUT2D eigenvalue weighted by Gasteiger charge is -2.33. The van der Waals surface area contributed by atoms with Gasteiger partial charge in [0.1, 0.15) is 5.82 Å². The molecule has 1 aliphatic heterocycles. The summed E-state index contributed by atoms with van der Waals surface area (Å²) in [5.41, 5.74) is 3.50. The van der Waals surface area contributed by atoms with Gasteiger partial charge in [0.2, 0.25) is 10.0 Å². The van der Waals surface area contributed by atoms with Gasteiger partial charge in [-0.05, 0) is 54.7 Å². The van der Waals surface area contributed by atoms with Crippen molar-refractivity contribution in [3.8, 4) is 0 Å². The molecule has 0 amide bonds. The maximum absolute atomic E-state index is 13.6. The number of primary sulfonamides is 1. The van der Waals surface area contributed by atoms with Crippen molar-refractivity contribution in [2.24, 2.45) is 5.14 Å².